The van der Waals surface area contributed by atoms with Crippen molar-refractivity contribution in [3.05, 3.63) is 18.7 Å². The van der Waals surface area contributed by atoms with E-state index in [2.05, 4.69) is 15.9 Å². The second-order valence-electron chi connectivity index (χ2n) is 1.64. The highest BCUT2D eigenvalue weighted by molar-refractivity contribution is 9.10. The highest BCUT2D eigenvalue weighted by atomic mass is 79.9. The third kappa shape index (κ3) is 1.69. The summed E-state index contributed by atoms with van der Waals surface area (Å²) in [6.45, 7) is 0. The molecule has 6 heteroatoms. The molecule has 0 radical (unpaired) electrons. The lowest BCUT2D eigenvalue weighted by atomic mass is 10.5. The van der Waals surface area contributed by atoms with Gasteiger partial charge in [0, 0.05) is 0 Å². The predicted octanol–water partition coefficient (Wildman–Crippen LogP) is 3.52. The first-order valence-electron chi connectivity index (χ1n) is 2.40. The summed E-state index contributed by atoms with van der Waals surface area (Å²) in [5, 5.41) is 8.82. The molecule has 0 unspecified atom stereocenters. The predicted molar refractivity (Wildman–Crippen MR) is 49.0 cm³/mol. The number of hydrogen-bond acceptors (Lipinski definition) is 2. The van der Waals surface area contributed by atoms with E-state index in [1.165, 1.54) is 0 Å². The van der Waals surface area contributed by atoms with Gasteiger partial charge < -0.3 is 5.11 Å². The summed E-state index contributed by atoms with van der Waals surface area (Å²) in [5.41, 5.74) is 0. The Morgan fingerprint density at radius 3 is 2.27 bits per heavy atom. The quantitative estimate of drug-likeness (QED) is 0.852. The number of halogens is 3. The van der Waals surface area contributed by atoms with Crippen molar-refractivity contribution < 1.29 is 9.90 Å². The Balaban J connectivity index is 3.29. The number of carboxylic acid groups (broad SMARTS) is 1. The summed E-state index contributed by atoms with van der Waals surface area (Å²) in [4.78, 5) is 10.6. The summed E-state index contributed by atoms with van der Waals surface area (Å²) < 4.78 is 0.637. The Labute approximate surface area is 84.9 Å². The minimum Gasteiger partial charge on any atom is -0.477 e. The molecule has 1 aromatic heterocycles. The Morgan fingerprint density at radius 2 is 2.09 bits per heavy atom. The number of carboxylic acids is 1. The van der Waals surface area contributed by atoms with Crippen LogP contribution in [0.15, 0.2) is 4.47 Å². The average Bonchev–Trinajstić information content (AvgIpc) is 2.17. The van der Waals surface area contributed by atoms with Gasteiger partial charge in [-0.05, 0) is 15.9 Å². The maximum Gasteiger partial charge on any atom is 0.347 e. The topological polar surface area (TPSA) is 37.3 Å². The second kappa shape index (κ2) is 3.31. The average molecular weight is 276 g/mol. The third-order valence-electron chi connectivity index (χ3n) is 0.951. The molecule has 1 aromatic rings. The Kier molecular flexibility index (Phi) is 2.80. The van der Waals surface area contributed by atoms with Gasteiger partial charge in [0.15, 0.2) is 0 Å². The molecule has 0 saturated heterocycles. The summed E-state index contributed by atoms with van der Waals surface area (Å²) >= 11 is 15.1. The molecule has 11 heavy (non-hydrogen) atoms. The van der Waals surface area contributed by atoms with E-state index in [1.807, 2.05) is 0 Å². The second-order valence-corrected chi connectivity index (χ2v) is 4.43. The maximum absolute atomic E-state index is 10.5. The fourth-order valence-electron chi connectivity index (χ4n) is 0.503. The molecule has 1 rings (SSSR count). The van der Waals surface area contributed by atoms with Crippen LogP contribution in [0.5, 0.6) is 0 Å². The molecule has 0 aliphatic carbocycles. The van der Waals surface area contributed by atoms with Crippen molar-refractivity contribution in [3.8, 4) is 0 Å². The van der Waals surface area contributed by atoms with Crippen molar-refractivity contribution >= 4 is 56.4 Å². The van der Waals surface area contributed by atoms with Crippen LogP contribution in [0.1, 0.15) is 9.67 Å². The highest BCUT2D eigenvalue weighted by Gasteiger charge is 2.17. The van der Waals surface area contributed by atoms with E-state index in [-0.39, 0.29) is 14.2 Å². The van der Waals surface area contributed by atoms with Crippen LogP contribution in [0, 0.1) is 0 Å². The van der Waals surface area contributed by atoms with Gasteiger partial charge in [0.2, 0.25) is 0 Å². The van der Waals surface area contributed by atoms with Crippen LogP contribution in [0.2, 0.25) is 9.36 Å². The molecular weight excluding hydrogens is 275 g/mol. The summed E-state index contributed by atoms with van der Waals surface area (Å²) in [6, 6.07) is 0. The largest absolute Gasteiger partial charge is 0.477 e. The fourth-order valence-corrected chi connectivity index (χ4v) is 2.60. The zero-order chi connectivity index (χ0) is 8.59. The van der Waals surface area contributed by atoms with Gasteiger partial charge in [0.25, 0.3) is 0 Å². The van der Waals surface area contributed by atoms with Crippen molar-refractivity contribution in [2.75, 3.05) is 0 Å². The molecule has 0 aliphatic heterocycles. The van der Waals surface area contributed by atoms with Crippen LogP contribution in [-0.4, -0.2) is 11.1 Å². The van der Waals surface area contributed by atoms with E-state index in [9.17, 15) is 4.79 Å². The number of hydrogen-bond donors (Lipinski definition) is 1. The van der Waals surface area contributed by atoms with E-state index in [1.54, 1.807) is 0 Å². The smallest absolute Gasteiger partial charge is 0.347 e. The molecule has 60 valence electrons. The number of thiophene rings is 1. The molecular formula is C5HBrCl2O2S. The lowest BCUT2D eigenvalue weighted by Gasteiger charge is -1.86. The minimum atomic E-state index is -1.03. The van der Waals surface area contributed by atoms with Gasteiger partial charge >= 0.3 is 5.97 Å². The number of aromatic carboxylic acids is 1. The van der Waals surface area contributed by atoms with Crippen molar-refractivity contribution in [1.29, 1.82) is 0 Å². The number of carbonyl (C=O) groups is 1. The van der Waals surface area contributed by atoms with Gasteiger partial charge in [-0.15, -0.1) is 11.3 Å². The Morgan fingerprint density at radius 1 is 1.55 bits per heavy atom. The fraction of sp³-hybridized carbons (Fsp3) is 0. The van der Waals surface area contributed by atoms with Crippen LogP contribution < -0.4 is 0 Å². The first-order valence-corrected chi connectivity index (χ1v) is 4.77. The van der Waals surface area contributed by atoms with Crippen LogP contribution in [0.4, 0.5) is 0 Å². The molecule has 0 aliphatic rings. The standard InChI is InChI=1S/C5HBrCl2O2S/c6-1-2(7)4(8)11-3(1)5(9)10/h(H,9,10). The Bertz CT molecular complexity index is 310. The van der Waals surface area contributed by atoms with Gasteiger partial charge in [-0.3, -0.25) is 0 Å². The normalized spacial score (nSPS) is 10.1. The van der Waals surface area contributed by atoms with E-state index in [4.69, 9.17) is 28.3 Å². The molecule has 0 bridgehead atoms. The van der Waals surface area contributed by atoms with E-state index in [0.29, 0.717) is 4.47 Å². The van der Waals surface area contributed by atoms with E-state index >= 15 is 0 Å². The van der Waals surface area contributed by atoms with Crippen LogP contribution >= 0.6 is 50.5 Å². The molecule has 1 heterocycles. The first-order chi connectivity index (χ1) is 5.04. The zero-order valence-electron chi connectivity index (χ0n) is 4.90. The van der Waals surface area contributed by atoms with Crippen molar-refractivity contribution in [1.82, 2.24) is 0 Å². The van der Waals surface area contributed by atoms with Gasteiger partial charge in [0.05, 0.1) is 9.50 Å². The first kappa shape index (κ1) is 9.32. The molecule has 1 N–H and O–H groups in total. The monoisotopic (exact) mass is 274 g/mol. The molecule has 0 amide bonds. The van der Waals surface area contributed by atoms with E-state index in [0.717, 1.165) is 11.3 Å². The van der Waals surface area contributed by atoms with Crippen LogP contribution in [0.25, 0.3) is 0 Å². The summed E-state index contributed by atoms with van der Waals surface area (Å²) in [7, 11) is 0. The van der Waals surface area contributed by atoms with Crippen molar-refractivity contribution in [2.45, 2.75) is 0 Å². The molecule has 0 saturated carbocycles. The molecule has 0 spiro atoms. The van der Waals surface area contributed by atoms with Crippen molar-refractivity contribution in [2.24, 2.45) is 0 Å². The summed E-state index contributed by atoms with van der Waals surface area (Å²) in [5.74, 6) is -1.03. The highest BCUT2D eigenvalue weighted by Crippen LogP contribution is 2.40. The van der Waals surface area contributed by atoms with E-state index < -0.39 is 5.97 Å². The third-order valence-corrected chi connectivity index (χ3v) is 4.21. The Hall–Kier alpha value is 0.230. The zero-order valence-corrected chi connectivity index (χ0v) is 8.81. The SMILES string of the molecule is O=C(O)c1sc(Cl)c(Cl)c1Br. The molecule has 0 aromatic carbocycles. The van der Waals surface area contributed by atoms with Crippen LogP contribution in [-0.2, 0) is 0 Å². The lowest BCUT2D eigenvalue weighted by molar-refractivity contribution is 0.0701. The molecule has 0 atom stereocenters. The maximum atomic E-state index is 10.5. The molecule has 0 fully saturated rings. The van der Waals surface area contributed by atoms with Gasteiger partial charge in [0.1, 0.15) is 9.21 Å². The number of rotatable bonds is 1. The van der Waals surface area contributed by atoms with Gasteiger partial charge in [-0.25, -0.2) is 4.79 Å². The van der Waals surface area contributed by atoms with Crippen molar-refractivity contribution in [3.63, 3.8) is 0 Å². The van der Waals surface area contributed by atoms with Gasteiger partial charge in [-0.1, -0.05) is 23.2 Å². The summed E-state index contributed by atoms with van der Waals surface area (Å²) in [6.07, 6.45) is 0. The minimum absolute atomic E-state index is 0.125. The lowest BCUT2D eigenvalue weighted by Crippen LogP contribution is -1.91. The van der Waals surface area contributed by atoms with Crippen LogP contribution in [0.3, 0.4) is 0 Å². The van der Waals surface area contributed by atoms with Gasteiger partial charge in [-0.2, -0.15) is 0 Å². The molecule has 2 nitrogen and oxygen atoms in total.